The molecule has 218 valence electrons. The van der Waals surface area contributed by atoms with Crippen molar-refractivity contribution in [3.63, 3.8) is 0 Å². The summed E-state index contributed by atoms with van der Waals surface area (Å²) in [7, 11) is 1.59. The normalized spacial score (nSPS) is 11.6. The number of hydrogen-bond donors (Lipinski definition) is 3. The molecule has 0 saturated heterocycles. The topological polar surface area (TPSA) is 118 Å². The molecule has 1 atom stereocenters. The minimum atomic E-state index is -1.50. The number of thioether (sulfide) groups is 1. The molecule has 0 aliphatic heterocycles. The Kier molecular flexibility index (Phi) is 10.6. The van der Waals surface area contributed by atoms with Crippen LogP contribution in [0, 0.1) is 0 Å². The van der Waals surface area contributed by atoms with Crippen molar-refractivity contribution >= 4 is 98.1 Å². The Balaban J connectivity index is 1.49. The first kappa shape index (κ1) is 31.9. The van der Waals surface area contributed by atoms with Crippen molar-refractivity contribution in [2.24, 2.45) is 0 Å². The van der Waals surface area contributed by atoms with Gasteiger partial charge < -0.3 is 20.5 Å². The first-order valence-corrected chi connectivity index (χ1v) is 15.4. The van der Waals surface area contributed by atoms with Gasteiger partial charge in [-0.15, -0.1) is 23.1 Å². The summed E-state index contributed by atoms with van der Waals surface area (Å²) in [6.07, 6.45) is 0.511. The third-order valence-electron chi connectivity index (χ3n) is 5.86. The van der Waals surface area contributed by atoms with E-state index in [1.807, 2.05) is 36.6 Å². The molecule has 0 saturated carbocycles. The van der Waals surface area contributed by atoms with Crippen molar-refractivity contribution in [3.05, 3.63) is 85.1 Å². The number of rotatable bonds is 10. The lowest BCUT2D eigenvalue weighted by Crippen LogP contribution is -2.24. The summed E-state index contributed by atoms with van der Waals surface area (Å²) >= 11 is 26.9. The van der Waals surface area contributed by atoms with E-state index in [4.69, 9.17) is 51.1 Å². The largest absolute Gasteiger partial charge is 0.496 e. The third-order valence-corrected chi connectivity index (χ3v) is 9.78. The van der Waals surface area contributed by atoms with Crippen molar-refractivity contribution in [2.45, 2.75) is 23.5 Å². The van der Waals surface area contributed by atoms with Crippen LogP contribution in [0.5, 0.6) is 5.75 Å². The standard InChI is InChI=1S/C28H21Cl4N3O5S2/c1-3-18(25(36)35-28-34-16(12-41-28)15-9-4-5-10-17(15)40-2)42-14-8-6-7-13(11-14)33-26(37)19-20(27(38)39)22(30)24(32)23(31)21(19)29/h4-12,18H,3H2,1-2H3,(H,33,37)(H,38,39)(H,34,35,36). The highest BCUT2D eigenvalue weighted by atomic mass is 35.5. The van der Waals surface area contributed by atoms with Gasteiger partial charge in [0.1, 0.15) is 5.75 Å². The molecule has 0 aliphatic carbocycles. The number of carboxylic acids is 1. The number of amides is 2. The highest BCUT2D eigenvalue weighted by molar-refractivity contribution is 8.00. The zero-order valence-electron chi connectivity index (χ0n) is 21.8. The van der Waals surface area contributed by atoms with E-state index in [0.717, 1.165) is 5.56 Å². The van der Waals surface area contributed by atoms with E-state index in [2.05, 4.69) is 15.6 Å². The summed E-state index contributed by atoms with van der Waals surface area (Å²) in [5.41, 5.74) is 0.834. The molecule has 0 fully saturated rings. The highest BCUT2D eigenvalue weighted by Crippen LogP contribution is 2.42. The summed E-state index contributed by atoms with van der Waals surface area (Å²) < 4.78 is 5.41. The van der Waals surface area contributed by atoms with Gasteiger partial charge >= 0.3 is 5.97 Å². The number of benzene rings is 3. The molecule has 3 aromatic carbocycles. The van der Waals surface area contributed by atoms with Crippen LogP contribution in [0.2, 0.25) is 20.1 Å². The first-order chi connectivity index (χ1) is 20.0. The van der Waals surface area contributed by atoms with Crippen LogP contribution in [0.1, 0.15) is 34.1 Å². The maximum Gasteiger partial charge on any atom is 0.338 e. The molecule has 2 amide bonds. The van der Waals surface area contributed by atoms with Crippen LogP contribution in [0.25, 0.3) is 11.3 Å². The number of halogens is 4. The molecule has 1 heterocycles. The molecule has 0 bridgehead atoms. The summed E-state index contributed by atoms with van der Waals surface area (Å²) in [6, 6.07) is 14.2. The van der Waals surface area contributed by atoms with Gasteiger partial charge in [-0.25, -0.2) is 9.78 Å². The number of para-hydroxylation sites is 1. The van der Waals surface area contributed by atoms with E-state index in [1.54, 1.807) is 31.4 Å². The van der Waals surface area contributed by atoms with E-state index in [-0.39, 0.29) is 21.0 Å². The van der Waals surface area contributed by atoms with Crippen molar-refractivity contribution in [1.82, 2.24) is 4.98 Å². The third kappa shape index (κ3) is 6.96. The number of aromatic carboxylic acids is 1. The van der Waals surface area contributed by atoms with Crippen molar-refractivity contribution in [1.29, 1.82) is 0 Å². The van der Waals surface area contributed by atoms with Gasteiger partial charge in [0.2, 0.25) is 5.91 Å². The van der Waals surface area contributed by atoms with Gasteiger partial charge in [0, 0.05) is 21.5 Å². The van der Waals surface area contributed by atoms with Gasteiger partial charge in [-0.3, -0.25) is 9.59 Å². The smallest absolute Gasteiger partial charge is 0.338 e. The van der Waals surface area contributed by atoms with Crippen LogP contribution < -0.4 is 15.4 Å². The Morgan fingerprint density at radius 1 is 0.976 bits per heavy atom. The Morgan fingerprint density at radius 2 is 1.67 bits per heavy atom. The van der Waals surface area contributed by atoms with Crippen LogP contribution in [-0.4, -0.2) is 40.2 Å². The van der Waals surface area contributed by atoms with E-state index in [0.29, 0.717) is 33.6 Å². The lowest BCUT2D eigenvalue weighted by Gasteiger charge is -2.16. The second-order valence-electron chi connectivity index (χ2n) is 8.54. The molecular weight excluding hydrogens is 664 g/mol. The van der Waals surface area contributed by atoms with Crippen LogP contribution in [0.4, 0.5) is 10.8 Å². The average molecular weight is 685 g/mol. The van der Waals surface area contributed by atoms with Crippen LogP contribution in [-0.2, 0) is 4.79 Å². The minimum absolute atomic E-state index is 0.235. The summed E-state index contributed by atoms with van der Waals surface area (Å²) in [6.45, 7) is 1.88. The number of nitrogens with zero attached hydrogens (tertiary/aromatic N) is 1. The molecule has 14 heteroatoms. The molecule has 0 aliphatic rings. The molecule has 8 nitrogen and oxygen atoms in total. The fraction of sp³-hybridized carbons (Fsp3) is 0.143. The Hall–Kier alpha value is -2.99. The number of aromatic nitrogens is 1. The number of nitrogens with one attached hydrogen (secondary N) is 2. The molecule has 4 rings (SSSR count). The maximum absolute atomic E-state index is 13.1. The zero-order valence-corrected chi connectivity index (χ0v) is 26.5. The monoisotopic (exact) mass is 683 g/mol. The molecule has 3 N–H and O–H groups in total. The van der Waals surface area contributed by atoms with Crippen LogP contribution in [0.15, 0.2) is 58.8 Å². The van der Waals surface area contributed by atoms with Gasteiger partial charge in [-0.1, -0.05) is 71.5 Å². The van der Waals surface area contributed by atoms with Gasteiger partial charge in [-0.05, 0) is 36.8 Å². The number of thiazole rings is 1. The van der Waals surface area contributed by atoms with E-state index in [1.165, 1.54) is 23.1 Å². The SMILES string of the molecule is CCC(Sc1cccc(NC(=O)c2c(Cl)c(Cl)c(Cl)c(Cl)c2C(=O)O)c1)C(=O)Nc1nc(-c2ccccc2OC)cs1. The molecule has 1 unspecified atom stereocenters. The minimum Gasteiger partial charge on any atom is -0.496 e. The average Bonchev–Trinajstić information content (AvgIpc) is 3.44. The quantitative estimate of drug-likeness (QED) is 0.0867. The summed E-state index contributed by atoms with van der Waals surface area (Å²) in [5.74, 6) is -1.90. The lowest BCUT2D eigenvalue weighted by atomic mass is 10.1. The van der Waals surface area contributed by atoms with Gasteiger partial charge in [0.15, 0.2) is 5.13 Å². The van der Waals surface area contributed by atoms with Crippen LogP contribution in [0.3, 0.4) is 0 Å². The van der Waals surface area contributed by atoms with Crippen LogP contribution >= 0.6 is 69.5 Å². The molecule has 0 spiro atoms. The first-order valence-electron chi connectivity index (χ1n) is 12.1. The van der Waals surface area contributed by atoms with E-state index >= 15 is 0 Å². The predicted molar refractivity (Wildman–Crippen MR) is 171 cm³/mol. The van der Waals surface area contributed by atoms with Gasteiger partial charge in [0.25, 0.3) is 5.91 Å². The summed E-state index contributed by atoms with van der Waals surface area (Å²) in [5, 5.41) is 15.7. The molecule has 4 aromatic rings. The number of carbonyl (C=O) groups is 3. The highest BCUT2D eigenvalue weighted by Gasteiger charge is 2.29. The fourth-order valence-electron chi connectivity index (χ4n) is 3.87. The van der Waals surface area contributed by atoms with E-state index < -0.39 is 33.3 Å². The number of carboxylic acid groups (broad SMARTS) is 1. The lowest BCUT2D eigenvalue weighted by molar-refractivity contribution is -0.115. The molecule has 0 radical (unpaired) electrons. The zero-order chi connectivity index (χ0) is 30.6. The predicted octanol–water partition coefficient (Wildman–Crippen LogP) is 8.89. The van der Waals surface area contributed by atoms with E-state index in [9.17, 15) is 19.5 Å². The van der Waals surface area contributed by atoms with Gasteiger partial charge in [-0.2, -0.15) is 0 Å². The van der Waals surface area contributed by atoms with Crippen molar-refractivity contribution in [2.75, 3.05) is 17.7 Å². The molecular formula is C28H21Cl4N3O5S2. The second-order valence-corrected chi connectivity index (χ2v) is 12.2. The number of carbonyl (C=O) groups excluding carboxylic acids is 2. The Labute approximate surface area is 269 Å². The Bertz CT molecular complexity index is 1680. The summed E-state index contributed by atoms with van der Waals surface area (Å²) in [4.78, 5) is 43.3. The fourth-order valence-corrected chi connectivity index (χ4v) is 6.62. The molecule has 1 aromatic heterocycles. The van der Waals surface area contributed by atoms with Gasteiger partial charge in [0.05, 0.1) is 49.3 Å². The number of hydrogen-bond acceptors (Lipinski definition) is 7. The Morgan fingerprint density at radius 3 is 2.33 bits per heavy atom. The molecule has 42 heavy (non-hydrogen) atoms. The number of anilines is 2. The maximum atomic E-state index is 13.1. The van der Waals surface area contributed by atoms with Crippen molar-refractivity contribution < 1.29 is 24.2 Å². The van der Waals surface area contributed by atoms with Crippen molar-refractivity contribution in [3.8, 4) is 17.0 Å². The number of ether oxygens (including phenoxy) is 1. The number of methoxy groups -OCH3 is 1. The second kappa shape index (κ2) is 14.0.